The number of sulfonamides is 1. The van der Waals surface area contributed by atoms with Crippen LogP contribution >= 0.6 is 27.3 Å². The number of nitrogens with one attached hydrogen (secondary N) is 1. The summed E-state index contributed by atoms with van der Waals surface area (Å²) in [7, 11) is -3.55. The molecule has 0 bridgehead atoms. The maximum atomic E-state index is 12.4. The summed E-state index contributed by atoms with van der Waals surface area (Å²) in [5, 5.41) is 0.782. The Balaban J connectivity index is 2.22. The van der Waals surface area contributed by atoms with Crippen LogP contribution in [0.3, 0.4) is 0 Å². The molecule has 1 atom stereocenters. The van der Waals surface area contributed by atoms with E-state index in [1.54, 1.807) is 24.4 Å². The molecular weight excluding hydrogens is 372 g/mol. The molecule has 0 aliphatic carbocycles. The smallest absolute Gasteiger partial charge is 0.241 e. The number of halogens is 1. The number of hydrogen-bond donors (Lipinski definition) is 1. The Kier molecular flexibility index (Phi) is 5.19. The average Bonchev–Trinajstić information content (AvgIpc) is 2.90. The predicted octanol–water partition coefficient (Wildman–Crippen LogP) is 3.82. The van der Waals surface area contributed by atoms with Gasteiger partial charge in [0.2, 0.25) is 10.0 Å². The summed E-state index contributed by atoms with van der Waals surface area (Å²) in [6.45, 7) is 5.72. The van der Waals surface area contributed by atoms with Crippen LogP contribution in [0.5, 0.6) is 0 Å². The first kappa shape index (κ1) is 16.6. The molecule has 0 fully saturated rings. The second-order valence-corrected chi connectivity index (χ2v) is 8.49. The minimum absolute atomic E-state index is 0.266. The largest absolute Gasteiger partial charge is 0.248 e. The van der Waals surface area contributed by atoms with Gasteiger partial charge in [-0.1, -0.05) is 22.9 Å². The minimum atomic E-state index is -3.55. The first-order chi connectivity index (χ1) is 9.83. The second kappa shape index (κ2) is 6.56. The highest BCUT2D eigenvalue weighted by Crippen LogP contribution is 2.24. The summed E-state index contributed by atoms with van der Waals surface area (Å²) in [4.78, 5) is 5.70. The van der Waals surface area contributed by atoms with Crippen LogP contribution in [0, 0.1) is 6.92 Å². The number of benzene rings is 1. The fourth-order valence-corrected chi connectivity index (χ4v) is 4.29. The van der Waals surface area contributed by atoms with Gasteiger partial charge in [0.15, 0.2) is 0 Å². The van der Waals surface area contributed by atoms with E-state index < -0.39 is 10.0 Å². The van der Waals surface area contributed by atoms with Crippen LogP contribution in [0.2, 0.25) is 0 Å². The molecule has 0 amide bonds. The van der Waals surface area contributed by atoms with Crippen molar-refractivity contribution < 1.29 is 8.42 Å². The number of thiazole rings is 1. The Bertz CT molecular complexity index is 741. The van der Waals surface area contributed by atoms with Crippen LogP contribution in [0.4, 0.5) is 0 Å². The van der Waals surface area contributed by atoms with Crippen molar-refractivity contribution in [2.45, 2.75) is 38.1 Å². The highest BCUT2D eigenvalue weighted by molar-refractivity contribution is 9.10. The first-order valence-corrected chi connectivity index (χ1v) is 9.66. The topological polar surface area (TPSA) is 59.1 Å². The summed E-state index contributed by atoms with van der Waals surface area (Å²) in [5.41, 5.74) is 0.882. The molecule has 7 heteroatoms. The van der Waals surface area contributed by atoms with Crippen LogP contribution in [0.15, 0.2) is 33.8 Å². The normalized spacial score (nSPS) is 13.3. The fourth-order valence-electron chi connectivity index (χ4n) is 1.82. The highest BCUT2D eigenvalue weighted by atomic mass is 79.9. The summed E-state index contributed by atoms with van der Waals surface area (Å²) in [5.74, 6) is 0. The standard InChI is InChI=1S/C14H17BrN2O2S2/c1-4-11-8-16-14(20-11)10(3)17-21(18,19)12-5-6-13(15)9(2)7-12/h5-8,10,17H,4H2,1-3H3. The van der Waals surface area contributed by atoms with Gasteiger partial charge < -0.3 is 0 Å². The fraction of sp³-hybridized carbons (Fsp3) is 0.357. The molecule has 2 rings (SSSR count). The lowest BCUT2D eigenvalue weighted by Gasteiger charge is -2.12. The van der Waals surface area contributed by atoms with E-state index in [1.165, 1.54) is 11.3 Å². The van der Waals surface area contributed by atoms with E-state index in [2.05, 4.69) is 32.6 Å². The Morgan fingerprint density at radius 1 is 1.43 bits per heavy atom. The van der Waals surface area contributed by atoms with Gasteiger partial charge in [0.1, 0.15) is 5.01 Å². The van der Waals surface area contributed by atoms with Crippen molar-refractivity contribution in [3.8, 4) is 0 Å². The van der Waals surface area contributed by atoms with E-state index in [1.807, 2.05) is 13.8 Å². The van der Waals surface area contributed by atoms with Gasteiger partial charge in [0.05, 0.1) is 10.9 Å². The summed E-state index contributed by atoms with van der Waals surface area (Å²) < 4.78 is 28.4. The average molecular weight is 389 g/mol. The van der Waals surface area contributed by atoms with Gasteiger partial charge in [0.25, 0.3) is 0 Å². The van der Waals surface area contributed by atoms with Crippen molar-refractivity contribution in [1.82, 2.24) is 9.71 Å². The van der Waals surface area contributed by atoms with Crippen LogP contribution < -0.4 is 4.72 Å². The zero-order chi connectivity index (χ0) is 15.6. The number of nitrogens with zero attached hydrogens (tertiary/aromatic N) is 1. The molecule has 4 nitrogen and oxygen atoms in total. The SMILES string of the molecule is CCc1cnc(C(C)NS(=O)(=O)c2ccc(Br)c(C)c2)s1. The molecule has 0 saturated carbocycles. The lowest BCUT2D eigenvalue weighted by molar-refractivity contribution is 0.566. The van der Waals surface area contributed by atoms with E-state index in [0.29, 0.717) is 0 Å². The molecule has 1 aromatic carbocycles. The maximum absolute atomic E-state index is 12.4. The molecule has 1 heterocycles. The Morgan fingerprint density at radius 3 is 2.71 bits per heavy atom. The maximum Gasteiger partial charge on any atom is 0.241 e. The first-order valence-electron chi connectivity index (χ1n) is 6.56. The molecule has 21 heavy (non-hydrogen) atoms. The molecular formula is C14H17BrN2O2S2. The number of rotatable bonds is 5. The molecule has 0 aliphatic rings. The lowest BCUT2D eigenvalue weighted by atomic mass is 10.2. The molecule has 0 aliphatic heterocycles. The van der Waals surface area contributed by atoms with Gasteiger partial charge >= 0.3 is 0 Å². The molecule has 1 unspecified atom stereocenters. The van der Waals surface area contributed by atoms with Gasteiger partial charge in [-0.3, -0.25) is 0 Å². The van der Waals surface area contributed by atoms with Crippen molar-refractivity contribution in [1.29, 1.82) is 0 Å². The number of hydrogen-bond acceptors (Lipinski definition) is 4. The molecule has 2 aromatic rings. The Hall–Kier alpha value is -0.760. The monoisotopic (exact) mass is 388 g/mol. The van der Waals surface area contributed by atoms with E-state index in [-0.39, 0.29) is 10.9 Å². The minimum Gasteiger partial charge on any atom is -0.248 e. The van der Waals surface area contributed by atoms with Crippen molar-refractivity contribution >= 4 is 37.3 Å². The van der Waals surface area contributed by atoms with E-state index in [0.717, 1.165) is 26.3 Å². The molecule has 1 N–H and O–H groups in total. The number of aryl methyl sites for hydroxylation is 2. The van der Waals surface area contributed by atoms with Crippen LogP contribution in [0.1, 0.15) is 35.3 Å². The van der Waals surface area contributed by atoms with Gasteiger partial charge in [-0.05, 0) is 44.0 Å². The van der Waals surface area contributed by atoms with Crippen LogP contribution in [0.25, 0.3) is 0 Å². The summed E-state index contributed by atoms with van der Waals surface area (Å²) in [6, 6.07) is 4.64. The van der Waals surface area contributed by atoms with Crippen molar-refractivity contribution in [2.75, 3.05) is 0 Å². The summed E-state index contributed by atoms with van der Waals surface area (Å²) in [6.07, 6.45) is 2.71. The zero-order valence-electron chi connectivity index (χ0n) is 12.1. The molecule has 0 spiro atoms. The predicted molar refractivity (Wildman–Crippen MR) is 89.1 cm³/mol. The lowest BCUT2D eigenvalue weighted by Crippen LogP contribution is -2.26. The highest BCUT2D eigenvalue weighted by Gasteiger charge is 2.20. The van der Waals surface area contributed by atoms with Gasteiger partial charge in [-0.2, -0.15) is 0 Å². The van der Waals surface area contributed by atoms with E-state index in [4.69, 9.17) is 0 Å². The molecule has 1 aromatic heterocycles. The third-order valence-electron chi connectivity index (χ3n) is 3.06. The van der Waals surface area contributed by atoms with Crippen molar-refractivity contribution in [2.24, 2.45) is 0 Å². The summed E-state index contributed by atoms with van der Waals surface area (Å²) >= 11 is 4.91. The number of aromatic nitrogens is 1. The van der Waals surface area contributed by atoms with Crippen LogP contribution in [-0.4, -0.2) is 13.4 Å². The molecule has 114 valence electrons. The van der Waals surface area contributed by atoms with Gasteiger partial charge in [-0.15, -0.1) is 11.3 Å². The molecule has 0 saturated heterocycles. The van der Waals surface area contributed by atoms with Gasteiger partial charge in [-0.25, -0.2) is 18.1 Å². The Labute approximate surface area is 137 Å². The van der Waals surface area contributed by atoms with Gasteiger partial charge in [0, 0.05) is 15.5 Å². The Morgan fingerprint density at radius 2 is 2.14 bits per heavy atom. The van der Waals surface area contributed by atoms with E-state index in [9.17, 15) is 8.42 Å². The second-order valence-electron chi connectivity index (χ2n) is 4.77. The van der Waals surface area contributed by atoms with Crippen LogP contribution in [-0.2, 0) is 16.4 Å². The molecule has 0 radical (unpaired) electrons. The van der Waals surface area contributed by atoms with E-state index >= 15 is 0 Å². The third kappa shape index (κ3) is 3.91. The zero-order valence-corrected chi connectivity index (χ0v) is 15.3. The van der Waals surface area contributed by atoms with Crippen molar-refractivity contribution in [3.05, 3.63) is 44.3 Å². The third-order valence-corrected chi connectivity index (χ3v) is 6.81. The van der Waals surface area contributed by atoms with Crippen molar-refractivity contribution in [3.63, 3.8) is 0 Å². The quantitative estimate of drug-likeness (QED) is 0.846.